The van der Waals surface area contributed by atoms with Crippen molar-refractivity contribution in [1.29, 1.82) is 0 Å². The fourth-order valence-corrected chi connectivity index (χ4v) is 1.38. The Morgan fingerprint density at radius 2 is 1.71 bits per heavy atom. The van der Waals surface area contributed by atoms with Crippen LogP contribution in [0.3, 0.4) is 0 Å². The SMILES string of the molecule is CC(C)Oc1cc(C=O)c(O)c(OC(C)C)c1. The summed E-state index contributed by atoms with van der Waals surface area (Å²) in [4.78, 5) is 10.8. The first kappa shape index (κ1) is 13.4. The van der Waals surface area contributed by atoms with Gasteiger partial charge in [-0.05, 0) is 33.8 Å². The molecule has 0 unspecified atom stereocenters. The fourth-order valence-electron chi connectivity index (χ4n) is 1.38. The highest BCUT2D eigenvalue weighted by molar-refractivity contribution is 5.82. The summed E-state index contributed by atoms with van der Waals surface area (Å²) in [6.07, 6.45) is 0.482. The number of hydrogen-bond donors (Lipinski definition) is 1. The molecule has 0 aliphatic heterocycles. The zero-order chi connectivity index (χ0) is 13.0. The van der Waals surface area contributed by atoms with Gasteiger partial charge in [0.05, 0.1) is 17.8 Å². The van der Waals surface area contributed by atoms with Crippen molar-refractivity contribution in [3.63, 3.8) is 0 Å². The number of benzene rings is 1. The van der Waals surface area contributed by atoms with Crippen LogP contribution in [0.25, 0.3) is 0 Å². The van der Waals surface area contributed by atoms with Crippen LogP contribution in [0.1, 0.15) is 38.1 Å². The molecule has 0 bridgehead atoms. The van der Waals surface area contributed by atoms with Gasteiger partial charge in [0.25, 0.3) is 0 Å². The summed E-state index contributed by atoms with van der Waals surface area (Å²) < 4.78 is 10.9. The molecule has 0 aliphatic rings. The Labute approximate surface area is 101 Å². The van der Waals surface area contributed by atoms with Crippen molar-refractivity contribution in [3.05, 3.63) is 17.7 Å². The van der Waals surface area contributed by atoms with Crippen LogP contribution in [-0.4, -0.2) is 23.6 Å². The first-order chi connectivity index (χ1) is 7.93. The summed E-state index contributed by atoms with van der Waals surface area (Å²) >= 11 is 0. The van der Waals surface area contributed by atoms with Crippen LogP contribution in [0.5, 0.6) is 17.2 Å². The Hall–Kier alpha value is -1.71. The molecule has 1 aromatic rings. The van der Waals surface area contributed by atoms with Crippen LogP contribution in [0, 0.1) is 0 Å². The predicted octanol–water partition coefficient (Wildman–Crippen LogP) is 2.78. The standard InChI is InChI=1S/C13H18O4/c1-8(2)16-11-5-10(7-14)13(15)12(6-11)17-9(3)4/h5-9,15H,1-4H3. The molecule has 0 atom stereocenters. The lowest BCUT2D eigenvalue weighted by atomic mass is 10.2. The van der Waals surface area contributed by atoms with Crippen molar-refractivity contribution in [2.45, 2.75) is 39.9 Å². The van der Waals surface area contributed by atoms with E-state index >= 15 is 0 Å². The molecule has 17 heavy (non-hydrogen) atoms. The molecule has 0 aromatic heterocycles. The maximum Gasteiger partial charge on any atom is 0.168 e. The molecular formula is C13H18O4. The van der Waals surface area contributed by atoms with E-state index in [1.165, 1.54) is 6.07 Å². The molecule has 4 heteroatoms. The minimum Gasteiger partial charge on any atom is -0.504 e. The Morgan fingerprint density at radius 1 is 1.12 bits per heavy atom. The van der Waals surface area contributed by atoms with Gasteiger partial charge in [0.2, 0.25) is 0 Å². The van der Waals surface area contributed by atoms with Gasteiger partial charge in [0.15, 0.2) is 17.8 Å². The quantitative estimate of drug-likeness (QED) is 0.801. The van der Waals surface area contributed by atoms with Crippen molar-refractivity contribution in [3.8, 4) is 17.2 Å². The number of carbonyl (C=O) groups excluding carboxylic acids is 1. The smallest absolute Gasteiger partial charge is 0.168 e. The Kier molecular flexibility index (Phi) is 4.37. The van der Waals surface area contributed by atoms with Crippen molar-refractivity contribution >= 4 is 6.29 Å². The third-order valence-electron chi connectivity index (χ3n) is 1.94. The zero-order valence-electron chi connectivity index (χ0n) is 10.6. The molecule has 0 saturated carbocycles. The minimum atomic E-state index is -0.148. The normalized spacial score (nSPS) is 10.7. The van der Waals surface area contributed by atoms with Gasteiger partial charge in [-0.1, -0.05) is 0 Å². The predicted molar refractivity (Wildman–Crippen MR) is 65.0 cm³/mol. The molecule has 1 rings (SSSR count). The number of hydrogen-bond acceptors (Lipinski definition) is 4. The van der Waals surface area contributed by atoms with Gasteiger partial charge >= 0.3 is 0 Å². The molecule has 4 nitrogen and oxygen atoms in total. The van der Waals surface area contributed by atoms with Gasteiger partial charge in [-0.15, -0.1) is 0 Å². The third kappa shape index (κ3) is 3.66. The van der Waals surface area contributed by atoms with Crippen molar-refractivity contribution in [2.75, 3.05) is 0 Å². The van der Waals surface area contributed by atoms with Gasteiger partial charge in [-0.2, -0.15) is 0 Å². The molecule has 0 radical (unpaired) electrons. The summed E-state index contributed by atoms with van der Waals surface area (Å²) in [5.74, 6) is 0.626. The molecule has 1 aromatic carbocycles. The second kappa shape index (κ2) is 5.57. The average molecular weight is 238 g/mol. The van der Waals surface area contributed by atoms with Crippen LogP contribution in [0.2, 0.25) is 0 Å². The van der Waals surface area contributed by atoms with Crippen LogP contribution >= 0.6 is 0 Å². The zero-order valence-corrected chi connectivity index (χ0v) is 10.6. The van der Waals surface area contributed by atoms with Crippen molar-refractivity contribution in [1.82, 2.24) is 0 Å². The number of phenolic OH excluding ortho intramolecular Hbond substituents is 1. The molecule has 0 aliphatic carbocycles. The maximum absolute atomic E-state index is 10.8. The lowest BCUT2D eigenvalue weighted by Gasteiger charge is -2.16. The van der Waals surface area contributed by atoms with E-state index in [4.69, 9.17) is 9.47 Å². The third-order valence-corrected chi connectivity index (χ3v) is 1.94. The van der Waals surface area contributed by atoms with E-state index < -0.39 is 0 Å². The van der Waals surface area contributed by atoms with E-state index in [1.54, 1.807) is 6.07 Å². The van der Waals surface area contributed by atoms with E-state index in [0.717, 1.165) is 0 Å². The first-order valence-corrected chi connectivity index (χ1v) is 5.59. The maximum atomic E-state index is 10.8. The molecule has 1 N–H and O–H groups in total. The largest absolute Gasteiger partial charge is 0.504 e. The topological polar surface area (TPSA) is 55.8 Å². The van der Waals surface area contributed by atoms with E-state index in [9.17, 15) is 9.90 Å². The monoisotopic (exact) mass is 238 g/mol. The number of aldehydes is 1. The van der Waals surface area contributed by atoms with Crippen molar-refractivity contribution in [2.24, 2.45) is 0 Å². The lowest BCUT2D eigenvalue weighted by Crippen LogP contribution is -2.09. The number of ether oxygens (including phenoxy) is 2. The summed E-state index contributed by atoms with van der Waals surface area (Å²) in [5, 5.41) is 9.78. The highest BCUT2D eigenvalue weighted by Gasteiger charge is 2.13. The van der Waals surface area contributed by atoms with Gasteiger partial charge < -0.3 is 14.6 Å². The molecule has 0 saturated heterocycles. The van der Waals surface area contributed by atoms with Gasteiger partial charge in [-0.3, -0.25) is 4.79 Å². The van der Waals surface area contributed by atoms with E-state index in [0.29, 0.717) is 12.0 Å². The second-order valence-electron chi connectivity index (χ2n) is 4.31. The van der Waals surface area contributed by atoms with Crippen molar-refractivity contribution < 1.29 is 19.4 Å². The Bertz CT molecular complexity index is 397. The minimum absolute atomic E-state index is 0.00838. The van der Waals surface area contributed by atoms with Crippen LogP contribution in [0.15, 0.2) is 12.1 Å². The summed E-state index contributed by atoms with van der Waals surface area (Å²) in [6, 6.07) is 3.08. The molecule has 94 valence electrons. The molecule has 0 amide bonds. The van der Waals surface area contributed by atoms with Gasteiger partial charge in [0.1, 0.15) is 5.75 Å². The highest BCUT2D eigenvalue weighted by Crippen LogP contribution is 2.34. The highest BCUT2D eigenvalue weighted by atomic mass is 16.5. The van der Waals surface area contributed by atoms with Crippen LogP contribution in [0.4, 0.5) is 0 Å². The van der Waals surface area contributed by atoms with Crippen LogP contribution < -0.4 is 9.47 Å². The average Bonchev–Trinajstić information content (AvgIpc) is 2.21. The Morgan fingerprint density at radius 3 is 2.18 bits per heavy atom. The second-order valence-corrected chi connectivity index (χ2v) is 4.31. The number of phenols is 1. The molecule has 0 fully saturated rings. The summed E-state index contributed by atoms with van der Waals surface area (Å²) in [7, 11) is 0. The molecule has 0 spiro atoms. The van der Waals surface area contributed by atoms with E-state index in [1.807, 2.05) is 27.7 Å². The molecule has 0 heterocycles. The van der Waals surface area contributed by atoms with Crippen LogP contribution in [-0.2, 0) is 0 Å². The molecular weight excluding hydrogens is 220 g/mol. The van der Waals surface area contributed by atoms with E-state index in [2.05, 4.69) is 0 Å². The lowest BCUT2D eigenvalue weighted by molar-refractivity contribution is 0.111. The van der Waals surface area contributed by atoms with Gasteiger partial charge in [0, 0.05) is 6.07 Å². The summed E-state index contributed by atoms with van der Waals surface area (Å²) in [5.41, 5.74) is 0.166. The van der Waals surface area contributed by atoms with Gasteiger partial charge in [-0.25, -0.2) is 0 Å². The Balaban J connectivity index is 3.13. The first-order valence-electron chi connectivity index (χ1n) is 5.59. The number of rotatable bonds is 5. The summed E-state index contributed by atoms with van der Waals surface area (Å²) in [6.45, 7) is 7.46. The van der Waals surface area contributed by atoms with E-state index in [-0.39, 0.29) is 29.3 Å². The fraction of sp³-hybridized carbons (Fsp3) is 0.462. The number of carbonyl (C=O) groups is 1. The number of aromatic hydroxyl groups is 1.